The highest BCUT2D eigenvalue weighted by atomic mass is 15.4. The van der Waals surface area contributed by atoms with Gasteiger partial charge in [-0.2, -0.15) is 5.26 Å². The van der Waals surface area contributed by atoms with Gasteiger partial charge >= 0.3 is 0 Å². The lowest BCUT2D eigenvalue weighted by molar-refractivity contribution is 0.619. The van der Waals surface area contributed by atoms with Gasteiger partial charge in [-0.25, -0.2) is 4.68 Å². The third-order valence-corrected chi connectivity index (χ3v) is 3.02. The second-order valence-electron chi connectivity index (χ2n) is 4.35. The lowest BCUT2D eigenvalue weighted by atomic mass is 10.2. The third kappa shape index (κ3) is 1.92. The van der Waals surface area contributed by atoms with Crippen LogP contribution in [-0.4, -0.2) is 15.0 Å². The molecule has 0 spiro atoms. The summed E-state index contributed by atoms with van der Waals surface area (Å²) in [5.41, 5.74) is 2.68. The van der Waals surface area contributed by atoms with E-state index in [1.54, 1.807) is 0 Å². The maximum absolute atomic E-state index is 9.01. The summed E-state index contributed by atoms with van der Waals surface area (Å²) in [5, 5.41) is 17.0. The molecule has 0 unspecified atom stereocenters. The molecule has 0 amide bonds. The monoisotopic (exact) mass is 224 g/mol. The quantitative estimate of drug-likeness (QED) is 0.802. The van der Waals surface area contributed by atoms with E-state index in [9.17, 15) is 0 Å². The number of nitriles is 1. The van der Waals surface area contributed by atoms with Gasteiger partial charge in [0.2, 0.25) is 0 Å². The minimum Gasteiger partial charge on any atom is -0.243 e. The minimum atomic E-state index is 0.489. The Hall–Kier alpha value is -2.15. The maximum atomic E-state index is 9.01. The fourth-order valence-electron chi connectivity index (χ4n) is 2.03. The molecular weight excluding hydrogens is 212 g/mol. The molecule has 1 fully saturated rings. The van der Waals surface area contributed by atoms with Crippen LogP contribution in [0, 0.1) is 11.3 Å². The van der Waals surface area contributed by atoms with Gasteiger partial charge in [0.05, 0.1) is 12.2 Å². The fraction of sp³-hybridized carbons (Fsp3) is 0.308. The lowest BCUT2D eigenvalue weighted by Crippen LogP contribution is -2.06. The zero-order valence-electron chi connectivity index (χ0n) is 9.37. The molecule has 0 N–H and O–H groups in total. The van der Waals surface area contributed by atoms with E-state index in [0.29, 0.717) is 18.2 Å². The standard InChI is InChI=1S/C13H12N4/c14-8-12-13(11-6-7-11)17(16-15-12)9-10-4-2-1-3-5-10/h1-5,11H,6-7,9H2. The second kappa shape index (κ2) is 4.02. The zero-order valence-corrected chi connectivity index (χ0v) is 9.37. The van der Waals surface area contributed by atoms with Crippen LogP contribution in [-0.2, 0) is 6.54 Å². The fourth-order valence-corrected chi connectivity index (χ4v) is 2.03. The Morgan fingerprint density at radius 2 is 2.06 bits per heavy atom. The van der Waals surface area contributed by atoms with Gasteiger partial charge in [0, 0.05) is 5.92 Å². The highest BCUT2D eigenvalue weighted by Crippen LogP contribution is 2.41. The summed E-state index contributed by atoms with van der Waals surface area (Å²) in [5.74, 6) is 0.489. The third-order valence-electron chi connectivity index (χ3n) is 3.02. The van der Waals surface area contributed by atoms with Crippen molar-refractivity contribution in [2.45, 2.75) is 25.3 Å². The molecule has 1 aromatic carbocycles. The van der Waals surface area contributed by atoms with Crippen molar-refractivity contribution in [2.75, 3.05) is 0 Å². The lowest BCUT2D eigenvalue weighted by Gasteiger charge is -2.05. The Bertz CT molecular complexity index is 561. The molecule has 4 nitrogen and oxygen atoms in total. The molecule has 84 valence electrons. The molecule has 2 aromatic rings. The van der Waals surface area contributed by atoms with Gasteiger partial charge in [-0.05, 0) is 18.4 Å². The van der Waals surface area contributed by atoms with E-state index < -0.39 is 0 Å². The van der Waals surface area contributed by atoms with E-state index in [0.717, 1.165) is 18.5 Å². The molecule has 0 radical (unpaired) electrons. The van der Waals surface area contributed by atoms with Crippen molar-refractivity contribution >= 4 is 0 Å². The molecule has 0 aliphatic heterocycles. The van der Waals surface area contributed by atoms with Crippen molar-refractivity contribution < 1.29 is 0 Å². The Labute approximate surface area is 99.5 Å². The summed E-state index contributed by atoms with van der Waals surface area (Å²) in [6, 6.07) is 12.3. The molecule has 1 aromatic heterocycles. The minimum absolute atomic E-state index is 0.489. The van der Waals surface area contributed by atoms with Crippen LogP contribution in [0.3, 0.4) is 0 Å². The van der Waals surface area contributed by atoms with Crippen molar-refractivity contribution in [3.05, 3.63) is 47.3 Å². The van der Waals surface area contributed by atoms with Crippen molar-refractivity contribution in [3.63, 3.8) is 0 Å². The summed E-state index contributed by atoms with van der Waals surface area (Å²) in [4.78, 5) is 0. The number of nitrogens with zero attached hydrogens (tertiary/aromatic N) is 4. The highest BCUT2D eigenvalue weighted by molar-refractivity contribution is 5.31. The Morgan fingerprint density at radius 1 is 1.29 bits per heavy atom. The van der Waals surface area contributed by atoms with Crippen molar-refractivity contribution in [3.8, 4) is 6.07 Å². The van der Waals surface area contributed by atoms with Crippen LogP contribution in [0.25, 0.3) is 0 Å². The first-order chi connectivity index (χ1) is 8.38. The molecule has 1 aliphatic carbocycles. The van der Waals surface area contributed by atoms with E-state index in [-0.39, 0.29) is 0 Å². The molecule has 0 atom stereocenters. The van der Waals surface area contributed by atoms with Crippen LogP contribution in [0.5, 0.6) is 0 Å². The predicted molar refractivity (Wildman–Crippen MR) is 62.3 cm³/mol. The van der Waals surface area contributed by atoms with E-state index in [2.05, 4.69) is 28.5 Å². The average molecular weight is 224 g/mol. The molecular formula is C13H12N4. The number of hydrogen-bond donors (Lipinski definition) is 0. The smallest absolute Gasteiger partial charge is 0.186 e. The molecule has 17 heavy (non-hydrogen) atoms. The van der Waals surface area contributed by atoms with Gasteiger partial charge in [-0.15, -0.1) is 5.10 Å². The summed E-state index contributed by atoms with van der Waals surface area (Å²) in [7, 11) is 0. The van der Waals surface area contributed by atoms with Gasteiger partial charge in [0.15, 0.2) is 5.69 Å². The molecule has 1 heterocycles. The molecule has 1 aliphatic rings. The van der Waals surface area contributed by atoms with Gasteiger partial charge in [-0.3, -0.25) is 0 Å². The van der Waals surface area contributed by atoms with E-state index in [1.807, 2.05) is 22.9 Å². The number of benzene rings is 1. The summed E-state index contributed by atoms with van der Waals surface area (Å²) in [6.45, 7) is 0.696. The van der Waals surface area contributed by atoms with Crippen molar-refractivity contribution in [1.29, 1.82) is 5.26 Å². The zero-order chi connectivity index (χ0) is 11.7. The van der Waals surface area contributed by atoms with Crippen LogP contribution in [0.4, 0.5) is 0 Å². The van der Waals surface area contributed by atoms with Gasteiger partial charge in [0.25, 0.3) is 0 Å². The summed E-state index contributed by atoms with van der Waals surface area (Å²) < 4.78 is 1.87. The Kier molecular flexibility index (Phi) is 2.37. The Morgan fingerprint density at radius 3 is 2.71 bits per heavy atom. The summed E-state index contributed by atoms with van der Waals surface area (Å²) in [6.07, 6.45) is 2.30. The number of rotatable bonds is 3. The molecule has 1 saturated carbocycles. The van der Waals surface area contributed by atoms with Crippen LogP contribution in [0.2, 0.25) is 0 Å². The van der Waals surface area contributed by atoms with Crippen LogP contribution >= 0.6 is 0 Å². The van der Waals surface area contributed by atoms with E-state index in [1.165, 1.54) is 5.56 Å². The molecule has 0 bridgehead atoms. The highest BCUT2D eigenvalue weighted by Gasteiger charge is 2.31. The maximum Gasteiger partial charge on any atom is 0.186 e. The van der Waals surface area contributed by atoms with E-state index >= 15 is 0 Å². The van der Waals surface area contributed by atoms with Gasteiger partial charge < -0.3 is 0 Å². The van der Waals surface area contributed by atoms with Crippen LogP contribution in [0.15, 0.2) is 30.3 Å². The van der Waals surface area contributed by atoms with E-state index in [4.69, 9.17) is 5.26 Å². The average Bonchev–Trinajstić information content (AvgIpc) is 3.13. The largest absolute Gasteiger partial charge is 0.243 e. The van der Waals surface area contributed by atoms with Crippen molar-refractivity contribution in [1.82, 2.24) is 15.0 Å². The first-order valence-corrected chi connectivity index (χ1v) is 5.76. The first kappa shape index (κ1) is 10.0. The molecule has 0 saturated heterocycles. The normalized spacial score (nSPS) is 14.5. The number of aromatic nitrogens is 3. The summed E-state index contributed by atoms with van der Waals surface area (Å²) >= 11 is 0. The second-order valence-corrected chi connectivity index (χ2v) is 4.35. The van der Waals surface area contributed by atoms with Crippen LogP contribution < -0.4 is 0 Å². The number of hydrogen-bond acceptors (Lipinski definition) is 3. The molecule has 3 rings (SSSR count). The SMILES string of the molecule is N#Cc1nnn(Cc2ccccc2)c1C1CC1. The topological polar surface area (TPSA) is 54.5 Å². The van der Waals surface area contributed by atoms with Gasteiger partial charge in [-0.1, -0.05) is 35.5 Å². The predicted octanol–water partition coefficient (Wildman–Crippen LogP) is 2.08. The first-order valence-electron chi connectivity index (χ1n) is 5.76. The Balaban J connectivity index is 1.93. The van der Waals surface area contributed by atoms with Crippen LogP contribution in [0.1, 0.15) is 35.7 Å². The molecule has 4 heteroatoms. The van der Waals surface area contributed by atoms with Gasteiger partial charge in [0.1, 0.15) is 6.07 Å². The van der Waals surface area contributed by atoms with Crippen molar-refractivity contribution in [2.24, 2.45) is 0 Å².